The average Bonchev–Trinajstić information content (AvgIpc) is 2.91. The fraction of sp³-hybridized carbons (Fsp3) is 0.182. The molecule has 112 valence electrons. The van der Waals surface area contributed by atoms with E-state index in [9.17, 15) is 22.9 Å². The van der Waals surface area contributed by atoms with Crippen LogP contribution in [0, 0.1) is 15.9 Å². The fourth-order valence-electron chi connectivity index (χ4n) is 1.68. The minimum atomic E-state index is -4.19. The van der Waals surface area contributed by atoms with Gasteiger partial charge in [0, 0.05) is 37.5 Å². The summed E-state index contributed by atoms with van der Waals surface area (Å²) in [6.45, 7) is -0.0407. The molecule has 0 bridgehead atoms. The van der Waals surface area contributed by atoms with Gasteiger partial charge in [-0.1, -0.05) is 0 Å². The van der Waals surface area contributed by atoms with Crippen LogP contribution in [0.25, 0.3) is 0 Å². The van der Waals surface area contributed by atoms with E-state index in [-0.39, 0.29) is 6.54 Å². The highest BCUT2D eigenvalue weighted by atomic mass is 32.2. The zero-order valence-corrected chi connectivity index (χ0v) is 11.7. The lowest BCUT2D eigenvalue weighted by Crippen LogP contribution is -2.27. The molecule has 0 aliphatic heterocycles. The molecule has 1 N–H and O–H groups in total. The normalized spacial score (nSPS) is 11.8. The third-order valence-electron chi connectivity index (χ3n) is 2.77. The Labute approximate surface area is 119 Å². The molecule has 2 rings (SSSR count). The van der Waals surface area contributed by atoms with Gasteiger partial charge in [-0.05, 0) is 6.07 Å². The predicted octanol–water partition coefficient (Wildman–Crippen LogP) is 1.28. The van der Waals surface area contributed by atoms with E-state index >= 15 is 0 Å². The van der Waals surface area contributed by atoms with Crippen molar-refractivity contribution in [3.8, 4) is 0 Å². The summed E-state index contributed by atoms with van der Waals surface area (Å²) in [7, 11) is -2.94. The number of aromatic amines is 1. The topological polar surface area (TPSA) is 109 Å². The molecule has 0 atom stereocenters. The first kappa shape index (κ1) is 15.1. The van der Waals surface area contributed by atoms with Crippen LogP contribution in [0.3, 0.4) is 0 Å². The van der Waals surface area contributed by atoms with Gasteiger partial charge in [0.15, 0.2) is 0 Å². The third kappa shape index (κ3) is 3.06. The number of H-pyrrole nitrogens is 1. The summed E-state index contributed by atoms with van der Waals surface area (Å²) in [4.78, 5) is 9.16. The monoisotopic (exact) mass is 314 g/mol. The van der Waals surface area contributed by atoms with Gasteiger partial charge >= 0.3 is 0 Å². The molecule has 1 aromatic carbocycles. The molecule has 21 heavy (non-hydrogen) atoms. The lowest BCUT2D eigenvalue weighted by atomic mass is 10.3. The maximum atomic E-state index is 13.7. The number of sulfonamides is 1. The molecule has 0 aliphatic carbocycles. The van der Waals surface area contributed by atoms with Crippen LogP contribution in [0.4, 0.5) is 10.1 Å². The van der Waals surface area contributed by atoms with Crippen molar-refractivity contribution >= 4 is 15.7 Å². The minimum absolute atomic E-state index is 0.0407. The Kier molecular flexibility index (Phi) is 4.00. The van der Waals surface area contributed by atoms with E-state index < -0.39 is 31.3 Å². The summed E-state index contributed by atoms with van der Waals surface area (Å²) in [5.41, 5.74) is 0.0820. The number of hydrogen-bond acceptors (Lipinski definition) is 5. The van der Waals surface area contributed by atoms with Gasteiger partial charge in [-0.3, -0.25) is 15.2 Å². The second-order valence-electron chi connectivity index (χ2n) is 4.24. The van der Waals surface area contributed by atoms with Gasteiger partial charge < -0.3 is 0 Å². The van der Waals surface area contributed by atoms with Crippen molar-refractivity contribution < 1.29 is 17.7 Å². The summed E-state index contributed by atoms with van der Waals surface area (Å²) < 4.78 is 39.2. The largest absolute Gasteiger partial charge is 0.285 e. The van der Waals surface area contributed by atoms with Crippen molar-refractivity contribution in [1.29, 1.82) is 0 Å². The second kappa shape index (κ2) is 5.58. The van der Waals surface area contributed by atoms with Gasteiger partial charge in [-0.25, -0.2) is 12.8 Å². The molecule has 0 aliphatic rings. The molecular formula is C11H11FN4O4S. The first-order chi connectivity index (χ1) is 9.82. The van der Waals surface area contributed by atoms with Crippen molar-refractivity contribution in [3.63, 3.8) is 0 Å². The van der Waals surface area contributed by atoms with E-state index in [1.807, 2.05) is 0 Å². The number of nitro benzene ring substituents is 1. The zero-order chi connectivity index (χ0) is 15.6. The maximum Gasteiger partial charge on any atom is 0.270 e. The van der Waals surface area contributed by atoms with E-state index in [4.69, 9.17) is 0 Å². The Bertz CT molecular complexity index is 761. The van der Waals surface area contributed by atoms with Crippen LogP contribution in [0.1, 0.15) is 5.56 Å². The molecule has 10 heteroatoms. The highest BCUT2D eigenvalue weighted by molar-refractivity contribution is 7.89. The average molecular weight is 314 g/mol. The number of nitrogens with zero attached hydrogens (tertiary/aromatic N) is 3. The summed E-state index contributed by atoms with van der Waals surface area (Å²) >= 11 is 0. The molecule has 0 radical (unpaired) electrons. The Morgan fingerprint density at radius 1 is 1.48 bits per heavy atom. The van der Waals surface area contributed by atoms with E-state index in [2.05, 4.69) is 10.2 Å². The van der Waals surface area contributed by atoms with Crippen LogP contribution in [0.5, 0.6) is 0 Å². The molecule has 0 amide bonds. The van der Waals surface area contributed by atoms with Crippen molar-refractivity contribution in [2.75, 3.05) is 7.05 Å². The van der Waals surface area contributed by atoms with Crippen molar-refractivity contribution in [2.24, 2.45) is 0 Å². The van der Waals surface area contributed by atoms with Crippen LogP contribution in [0.15, 0.2) is 35.5 Å². The standard InChI is InChI=1S/C11H11FN4O4S/c1-15(7-8-5-13-14-6-8)21(19,20)11-4-9(16(17)18)2-3-10(11)12/h2-6H,7H2,1H3,(H,13,14). The van der Waals surface area contributed by atoms with Gasteiger partial charge in [-0.15, -0.1) is 0 Å². The highest BCUT2D eigenvalue weighted by Gasteiger charge is 2.27. The highest BCUT2D eigenvalue weighted by Crippen LogP contribution is 2.24. The molecule has 1 heterocycles. The van der Waals surface area contributed by atoms with Gasteiger partial charge in [0.2, 0.25) is 10.0 Å². The Hall–Kier alpha value is -2.33. The van der Waals surface area contributed by atoms with Crippen LogP contribution >= 0.6 is 0 Å². The molecule has 2 aromatic rings. The smallest absolute Gasteiger partial charge is 0.270 e. The number of nitrogens with one attached hydrogen (secondary N) is 1. The first-order valence-corrected chi connectivity index (χ1v) is 7.14. The predicted molar refractivity (Wildman–Crippen MR) is 70.3 cm³/mol. The second-order valence-corrected chi connectivity index (χ2v) is 6.25. The summed E-state index contributed by atoms with van der Waals surface area (Å²) in [6, 6.07) is 2.37. The van der Waals surface area contributed by atoms with Crippen LogP contribution in [0.2, 0.25) is 0 Å². The quantitative estimate of drug-likeness (QED) is 0.660. The number of rotatable bonds is 5. The number of hydrogen-bond donors (Lipinski definition) is 1. The minimum Gasteiger partial charge on any atom is -0.285 e. The van der Waals surface area contributed by atoms with Crippen molar-refractivity contribution in [3.05, 3.63) is 52.1 Å². The Morgan fingerprint density at radius 3 is 2.76 bits per heavy atom. The van der Waals surface area contributed by atoms with Gasteiger partial charge in [-0.2, -0.15) is 9.40 Å². The molecular weight excluding hydrogens is 303 g/mol. The first-order valence-electron chi connectivity index (χ1n) is 5.70. The van der Waals surface area contributed by atoms with E-state index in [0.717, 1.165) is 16.4 Å². The van der Waals surface area contributed by atoms with Crippen LogP contribution in [-0.2, 0) is 16.6 Å². The third-order valence-corrected chi connectivity index (χ3v) is 4.59. The van der Waals surface area contributed by atoms with E-state index in [0.29, 0.717) is 11.6 Å². The molecule has 8 nitrogen and oxygen atoms in total. The van der Waals surface area contributed by atoms with Gasteiger partial charge in [0.25, 0.3) is 5.69 Å². The lowest BCUT2D eigenvalue weighted by molar-refractivity contribution is -0.385. The fourth-order valence-corrected chi connectivity index (χ4v) is 2.92. The van der Waals surface area contributed by atoms with Crippen molar-refractivity contribution in [1.82, 2.24) is 14.5 Å². The molecule has 0 fully saturated rings. The van der Waals surface area contributed by atoms with Crippen LogP contribution < -0.4 is 0 Å². The molecule has 0 saturated heterocycles. The van der Waals surface area contributed by atoms with Crippen molar-refractivity contribution in [2.45, 2.75) is 11.4 Å². The van der Waals surface area contributed by atoms with E-state index in [1.165, 1.54) is 19.4 Å². The van der Waals surface area contributed by atoms with Gasteiger partial charge in [0.1, 0.15) is 10.7 Å². The maximum absolute atomic E-state index is 13.7. The lowest BCUT2D eigenvalue weighted by Gasteiger charge is -2.16. The summed E-state index contributed by atoms with van der Waals surface area (Å²) in [5.74, 6) is -1.04. The molecule has 0 unspecified atom stereocenters. The number of aromatic nitrogens is 2. The van der Waals surface area contributed by atoms with Gasteiger partial charge in [0.05, 0.1) is 11.1 Å². The number of benzene rings is 1. The van der Waals surface area contributed by atoms with E-state index in [1.54, 1.807) is 0 Å². The molecule has 0 spiro atoms. The summed E-state index contributed by atoms with van der Waals surface area (Å²) in [5, 5.41) is 16.9. The summed E-state index contributed by atoms with van der Waals surface area (Å²) in [6.07, 6.45) is 2.92. The van der Waals surface area contributed by atoms with Crippen LogP contribution in [-0.4, -0.2) is 34.9 Å². The molecule has 1 aromatic heterocycles. The number of non-ortho nitro benzene ring substituents is 1. The zero-order valence-electron chi connectivity index (χ0n) is 10.9. The number of halogens is 1. The Morgan fingerprint density at radius 2 is 2.19 bits per heavy atom. The SMILES string of the molecule is CN(Cc1cn[nH]c1)S(=O)(=O)c1cc([N+](=O)[O-])ccc1F. The molecule has 0 saturated carbocycles. The Balaban J connectivity index is 2.38. The number of nitro groups is 1.